The van der Waals surface area contributed by atoms with E-state index in [1.54, 1.807) is 0 Å². The molecule has 0 aliphatic carbocycles. The van der Waals surface area contributed by atoms with Crippen molar-refractivity contribution in [2.45, 2.75) is 51.8 Å². The third-order valence-electron chi connectivity index (χ3n) is 4.69. The molecule has 3 heteroatoms. The van der Waals surface area contributed by atoms with Gasteiger partial charge < -0.3 is 10.1 Å². The van der Waals surface area contributed by atoms with Gasteiger partial charge in [-0.2, -0.15) is 0 Å². The van der Waals surface area contributed by atoms with Crippen LogP contribution in [0.5, 0.6) is 0 Å². The van der Waals surface area contributed by atoms with Gasteiger partial charge in [0.1, 0.15) is 0 Å². The molecule has 0 bridgehead atoms. The highest BCUT2D eigenvalue weighted by Gasteiger charge is 2.32. The van der Waals surface area contributed by atoms with Gasteiger partial charge in [-0.3, -0.25) is 4.90 Å². The topological polar surface area (TPSA) is 24.5 Å². The number of hydrogen-bond donors (Lipinski definition) is 1. The van der Waals surface area contributed by atoms with Crippen LogP contribution in [0.4, 0.5) is 0 Å². The van der Waals surface area contributed by atoms with Gasteiger partial charge in [-0.05, 0) is 31.6 Å². The van der Waals surface area contributed by atoms with Crippen LogP contribution in [0.3, 0.4) is 0 Å². The van der Waals surface area contributed by atoms with Gasteiger partial charge in [-0.1, -0.05) is 13.8 Å². The van der Waals surface area contributed by atoms with E-state index in [2.05, 4.69) is 31.0 Å². The fourth-order valence-electron chi connectivity index (χ4n) is 3.46. The smallest absolute Gasteiger partial charge is 0.0711 e. The van der Waals surface area contributed by atoms with Crippen molar-refractivity contribution in [1.29, 1.82) is 0 Å². The van der Waals surface area contributed by atoms with E-state index in [4.69, 9.17) is 4.74 Å². The Balaban J connectivity index is 1.85. The highest BCUT2D eigenvalue weighted by atomic mass is 16.5. The van der Waals surface area contributed by atoms with E-state index in [0.717, 1.165) is 24.4 Å². The minimum Gasteiger partial charge on any atom is -0.380 e. The van der Waals surface area contributed by atoms with Crippen molar-refractivity contribution in [2.75, 3.05) is 26.7 Å². The third kappa shape index (κ3) is 3.21. The number of likely N-dealkylation sites (tertiary alicyclic amines) is 1. The van der Waals surface area contributed by atoms with Gasteiger partial charge in [0.2, 0.25) is 0 Å². The number of piperidine rings is 1. The Hall–Kier alpha value is -0.120. The molecule has 17 heavy (non-hydrogen) atoms. The summed E-state index contributed by atoms with van der Waals surface area (Å²) in [5.74, 6) is 1.68. The normalized spacial score (nSPS) is 44.1. The highest BCUT2D eigenvalue weighted by Crippen LogP contribution is 2.27. The largest absolute Gasteiger partial charge is 0.380 e. The van der Waals surface area contributed by atoms with Crippen LogP contribution in [-0.4, -0.2) is 49.8 Å². The maximum absolute atomic E-state index is 5.42. The SMILES string of the molecule is COC1CNC(CN2CC(C)CC(C)C2C)C1. The van der Waals surface area contributed by atoms with Crippen LogP contribution in [0.1, 0.15) is 33.6 Å². The molecule has 5 atom stereocenters. The average molecular weight is 240 g/mol. The zero-order valence-electron chi connectivity index (χ0n) is 11.8. The van der Waals surface area contributed by atoms with Crippen molar-refractivity contribution < 1.29 is 4.74 Å². The molecule has 2 fully saturated rings. The molecule has 2 aliphatic rings. The predicted molar refractivity (Wildman–Crippen MR) is 71.2 cm³/mol. The van der Waals surface area contributed by atoms with Crippen molar-refractivity contribution in [1.82, 2.24) is 10.2 Å². The quantitative estimate of drug-likeness (QED) is 0.813. The van der Waals surface area contributed by atoms with Crippen LogP contribution in [0.15, 0.2) is 0 Å². The summed E-state index contributed by atoms with van der Waals surface area (Å²) in [6, 6.07) is 1.36. The van der Waals surface area contributed by atoms with E-state index in [1.165, 1.54) is 25.9 Å². The molecule has 0 radical (unpaired) electrons. The zero-order chi connectivity index (χ0) is 12.4. The van der Waals surface area contributed by atoms with Crippen LogP contribution in [0.25, 0.3) is 0 Å². The van der Waals surface area contributed by atoms with E-state index in [1.807, 2.05) is 7.11 Å². The van der Waals surface area contributed by atoms with Gasteiger partial charge in [0.05, 0.1) is 6.10 Å². The molecule has 0 aromatic carbocycles. The van der Waals surface area contributed by atoms with Gasteiger partial charge in [0.15, 0.2) is 0 Å². The number of ether oxygens (including phenoxy) is 1. The number of rotatable bonds is 3. The van der Waals surface area contributed by atoms with Crippen molar-refractivity contribution in [2.24, 2.45) is 11.8 Å². The van der Waals surface area contributed by atoms with Crippen LogP contribution in [0, 0.1) is 11.8 Å². The molecule has 2 rings (SSSR count). The molecule has 3 nitrogen and oxygen atoms in total. The molecule has 2 saturated heterocycles. The van der Waals surface area contributed by atoms with Crippen molar-refractivity contribution >= 4 is 0 Å². The van der Waals surface area contributed by atoms with E-state index in [0.29, 0.717) is 12.1 Å². The first-order valence-corrected chi connectivity index (χ1v) is 7.10. The molecule has 2 heterocycles. The maximum atomic E-state index is 5.42. The second-order valence-electron chi connectivity index (χ2n) is 6.21. The minimum absolute atomic E-state index is 0.426. The minimum atomic E-state index is 0.426. The van der Waals surface area contributed by atoms with Gasteiger partial charge in [-0.15, -0.1) is 0 Å². The summed E-state index contributed by atoms with van der Waals surface area (Å²) in [6.07, 6.45) is 2.98. The summed E-state index contributed by atoms with van der Waals surface area (Å²) in [7, 11) is 1.82. The lowest BCUT2D eigenvalue weighted by atomic mass is 9.85. The number of hydrogen-bond acceptors (Lipinski definition) is 3. The summed E-state index contributed by atoms with van der Waals surface area (Å²) in [5, 5.41) is 3.59. The molecule has 0 aromatic rings. The van der Waals surface area contributed by atoms with Gasteiger partial charge in [-0.25, -0.2) is 0 Å². The highest BCUT2D eigenvalue weighted by molar-refractivity contribution is 4.89. The van der Waals surface area contributed by atoms with E-state index >= 15 is 0 Å². The number of nitrogens with one attached hydrogen (secondary N) is 1. The summed E-state index contributed by atoms with van der Waals surface area (Å²) in [5.41, 5.74) is 0. The predicted octanol–water partition coefficient (Wildman–Crippen LogP) is 1.73. The Morgan fingerprint density at radius 2 is 2.00 bits per heavy atom. The lowest BCUT2D eigenvalue weighted by molar-refractivity contribution is 0.0686. The van der Waals surface area contributed by atoms with Crippen molar-refractivity contribution in [3.05, 3.63) is 0 Å². The van der Waals surface area contributed by atoms with Crippen LogP contribution in [0.2, 0.25) is 0 Å². The number of methoxy groups -OCH3 is 1. The fraction of sp³-hybridized carbons (Fsp3) is 1.00. The Labute approximate surface area is 106 Å². The molecule has 2 aliphatic heterocycles. The summed E-state index contributed by atoms with van der Waals surface area (Å²) >= 11 is 0. The molecular weight excluding hydrogens is 212 g/mol. The average Bonchev–Trinajstić information content (AvgIpc) is 2.73. The molecular formula is C14H28N2O. The Morgan fingerprint density at radius 3 is 2.65 bits per heavy atom. The fourth-order valence-corrected chi connectivity index (χ4v) is 3.46. The second-order valence-corrected chi connectivity index (χ2v) is 6.21. The summed E-state index contributed by atoms with van der Waals surface area (Å²) in [6.45, 7) is 10.6. The van der Waals surface area contributed by atoms with Gasteiger partial charge >= 0.3 is 0 Å². The number of nitrogens with zero attached hydrogens (tertiary/aromatic N) is 1. The Kier molecular flexibility index (Phi) is 4.45. The van der Waals surface area contributed by atoms with Gasteiger partial charge in [0.25, 0.3) is 0 Å². The third-order valence-corrected chi connectivity index (χ3v) is 4.69. The molecule has 0 saturated carbocycles. The molecule has 0 spiro atoms. The molecule has 1 N–H and O–H groups in total. The lowest BCUT2D eigenvalue weighted by Crippen LogP contribution is -2.50. The van der Waals surface area contributed by atoms with E-state index < -0.39 is 0 Å². The lowest BCUT2D eigenvalue weighted by Gasteiger charge is -2.42. The second kappa shape index (κ2) is 5.68. The van der Waals surface area contributed by atoms with Crippen LogP contribution >= 0.6 is 0 Å². The summed E-state index contributed by atoms with van der Waals surface area (Å²) in [4.78, 5) is 2.68. The van der Waals surface area contributed by atoms with Gasteiger partial charge in [0, 0.05) is 38.8 Å². The molecule has 100 valence electrons. The Bertz CT molecular complexity index is 246. The monoisotopic (exact) mass is 240 g/mol. The molecule has 5 unspecified atom stereocenters. The maximum Gasteiger partial charge on any atom is 0.0711 e. The first-order chi connectivity index (χ1) is 8.10. The van der Waals surface area contributed by atoms with Crippen molar-refractivity contribution in [3.63, 3.8) is 0 Å². The first-order valence-electron chi connectivity index (χ1n) is 7.10. The van der Waals surface area contributed by atoms with Crippen molar-refractivity contribution in [3.8, 4) is 0 Å². The summed E-state index contributed by atoms with van der Waals surface area (Å²) < 4.78 is 5.42. The molecule has 0 amide bonds. The first kappa shape index (κ1) is 13.3. The van der Waals surface area contributed by atoms with E-state index in [9.17, 15) is 0 Å². The van der Waals surface area contributed by atoms with Crippen LogP contribution in [-0.2, 0) is 4.74 Å². The zero-order valence-corrected chi connectivity index (χ0v) is 11.8. The van der Waals surface area contributed by atoms with Crippen LogP contribution < -0.4 is 5.32 Å². The standard InChI is InChI=1S/C14H28N2O/c1-10-5-11(2)12(3)16(8-10)9-13-6-14(17-4)7-15-13/h10-15H,5-9H2,1-4H3. The molecule has 0 aromatic heterocycles. The Morgan fingerprint density at radius 1 is 1.24 bits per heavy atom. The van der Waals surface area contributed by atoms with E-state index in [-0.39, 0.29) is 0 Å².